The van der Waals surface area contributed by atoms with Crippen molar-refractivity contribution in [1.82, 2.24) is 5.32 Å². The summed E-state index contributed by atoms with van der Waals surface area (Å²) in [4.78, 5) is 13.5. The first-order valence-corrected chi connectivity index (χ1v) is 8.32. The van der Waals surface area contributed by atoms with Crippen LogP contribution in [0.3, 0.4) is 0 Å². The molecule has 5 heteroatoms. The molecule has 1 fully saturated rings. The van der Waals surface area contributed by atoms with Gasteiger partial charge in [-0.3, -0.25) is 0 Å². The smallest absolute Gasteiger partial charge is 0.404 e. The summed E-state index contributed by atoms with van der Waals surface area (Å²) >= 11 is 0. The van der Waals surface area contributed by atoms with E-state index < -0.39 is 6.09 Å². The van der Waals surface area contributed by atoms with E-state index in [2.05, 4.69) is 44.0 Å². The molecule has 5 nitrogen and oxygen atoms in total. The Morgan fingerprint density at radius 1 is 1.39 bits per heavy atom. The fourth-order valence-corrected chi connectivity index (χ4v) is 4.13. The third-order valence-electron chi connectivity index (χ3n) is 4.83. The van der Waals surface area contributed by atoms with Gasteiger partial charge in [0.1, 0.15) is 11.9 Å². The Balaban J connectivity index is 1.96. The summed E-state index contributed by atoms with van der Waals surface area (Å²) in [6.45, 7) is 9.47. The Labute approximate surface area is 137 Å². The van der Waals surface area contributed by atoms with Crippen LogP contribution in [-0.4, -0.2) is 35.9 Å². The summed E-state index contributed by atoms with van der Waals surface area (Å²) in [6, 6.07) is 6.27. The van der Waals surface area contributed by atoms with Crippen molar-refractivity contribution in [2.75, 3.05) is 11.4 Å². The molecule has 1 aromatic carbocycles. The minimum Gasteiger partial charge on any atom is -0.490 e. The highest BCUT2D eigenvalue weighted by atomic mass is 16.5. The van der Waals surface area contributed by atoms with E-state index in [9.17, 15) is 4.79 Å². The molecule has 2 aliphatic heterocycles. The number of nitrogens with zero attached hydrogens (tertiary/aromatic N) is 1. The minimum atomic E-state index is -0.943. The van der Waals surface area contributed by atoms with Crippen molar-refractivity contribution in [3.8, 4) is 5.75 Å². The molecule has 0 aromatic heterocycles. The zero-order valence-electron chi connectivity index (χ0n) is 14.3. The monoisotopic (exact) mass is 318 g/mol. The summed E-state index contributed by atoms with van der Waals surface area (Å²) in [5.74, 6) is 0.970. The van der Waals surface area contributed by atoms with Gasteiger partial charge in [0.25, 0.3) is 0 Å². The lowest BCUT2D eigenvalue weighted by molar-refractivity contribution is 0.182. The second-order valence-corrected chi connectivity index (χ2v) is 7.74. The normalized spacial score (nSPS) is 26.8. The number of hydrogen-bond donors (Lipinski definition) is 2. The SMILES string of the molecule is CC1Cc2c(cccc2N2CC[C@H](NC(=O)O)C2C(C)(C)C)O1. The Morgan fingerprint density at radius 2 is 2.13 bits per heavy atom. The average Bonchev–Trinajstić information content (AvgIpc) is 2.99. The van der Waals surface area contributed by atoms with E-state index in [1.54, 1.807) is 0 Å². The molecule has 0 bridgehead atoms. The maximum Gasteiger partial charge on any atom is 0.404 e. The van der Waals surface area contributed by atoms with E-state index >= 15 is 0 Å². The molecule has 0 spiro atoms. The lowest BCUT2D eigenvalue weighted by Crippen LogP contribution is -2.51. The van der Waals surface area contributed by atoms with Gasteiger partial charge < -0.3 is 20.1 Å². The van der Waals surface area contributed by atoms with Crippen molar-refractivity contribution in [3.05, 3.63) is 23.8 Å². The molecule has 3 rings (SSSR count). The number of amides is 1. The predicted octanol–water partition coefficient (Wildman–Crippen LogP) is 3.27. The number of hydrogen-bond acceptors (Lipinski definition) is 3. The number of carboxylic acid groups (broad SMARTS) is 1. The number of anilines is 1. The van der Waals surface area contributed by atoms with Gasteiger partial charge in [-0.2, -0.15) is 0 Å². The van der Waals surface area contributed by atoms with Crippen LogP contribution in [0.25, 0.3) is 0 Å². The largest absolute Gasteiger partial charge is 0.490 e. The fraction of sp³-hybridized carbons (Fsp3) is 0.611. The van der Waals surface area contributed by atoms with Gasteiger partial charge in [-0.1, -0.05) is 26.8 Å². The van der Waals surface area contributed by atoms with Gasteiger partial charge >= 0.3 is 6.09 Å². The fourth-order valence-electron chi connectivity index (χ4n) is 4.13. The second-order valence-electron chi connectivity index (χ2n) is 7.74. The van der Waals surface area contributed by atoms with E-state index in [0.717, 1.165) is 25.1 Å². The van der Waals surface area contributed by atoms with Crippen LogP contribution in [0.15, 0.2) is 18.2 Å². The van der Waals surface area contributed by atoms with Gasteiger partial charge in [-0.25, -0.2) is 4.79 Å². The summed E-state index contributed by atoms with van der Waals surface area (Å²) in [5.41, 5.74) is 2.42. The van der Waals surface area contributed by atoms with Crippen molar-refractivity contribution in [2.45, 2.75) is 58.7 Å². The summed E-state index contributed by atoms with van der Waals surface area (Å²) in [5, 5.41) is 11.9. The predicted molar refractivity (Wildman–Crippen MR) is 90.4 cm³/mol. The molecule has 23 heavy (non-hydrogen) atoms. The molecule has 126 valence electrons. The standard InChI is InChI=1S/C18H26N2O3/c1-11-10-12-14(6-5-7-15(12)23-11)20-9-8-13(19-17(21)22)16(20)18(2,3)4/h5-7,11,13,16,19H,8-10H2,1-4H3,(H,21,22)/t11?,13-,16?/m0/s1. The van der Waals surface area contributed by atoms with E-state index in [1.165, 1.54) is 11.3 Å². The zero-order valence-corrected chi connectivity index (χ0v) is 14.3. The number of nitrogens with one attached hydrogen (secondary N) is 1. The Bertz CT molecular complexity index is 609. The van der Waals surface area contributed by atoms with Gasteiger partial charge in [0, 0.05) is 24.2 Å². The maximum absolute atomic E-state index is 11.2. The van der Waals surface area contributed by atoms with Crippen LogP contribution < -0.4 is 15.0 Å². The van der Waals surface area contributed by atoms with Crippen molar-refractivity contribution in [3.63, 3.8) is 0 Å². The zero-order chi connectivity index (χ0) is 16.8. The van der Waals surface area contributed by atoms with Gasteiger partial charge in [0.15, 0.2) is 0 Å². The van der Waals surface area contributed by atoms with Crippen molar-refractivity contribution >= 4 is 11.8 Å². The first-order valence-electron chi connectivity index (χ1n) is 8.32. The Morgan fingerprint density at radius 3 is 2.78 bits per heavy atom. The van der Waals surface area contributed by atoms with Crippen molar-refractivity contribution < 1.29 is 14.6 Å². The van der Waals surface area contributed by atoms with Gasteiger partial charge in [-0.15, -0.1) is 0 Å². The van der Waals surface area contributed by atoms with E-state index in [0.29, 0.717) is 0 Å². The molecule has 1 aromatic rings. The molecule has 2 N–H and O–H groups in total. The van der Waals surface area contributed by atoms with Crippen molar-refractivity contribution in [1.29, 1.82) is 0 Å². The molecule has 2 unspecified atom stereocenters. The van der Waals surface area contributed by atoms with E-state index in [-0.39, 0.29) is 23.6 Å². The molecule has 0 saturated carbocycles. The van der Waals surface area contributed by atoms with Gasteiger partial charge in [-0.05, 0) is 30.9 Å². The summed E-state index contributed by atoms with van der Waals surface area (Å²) in [7, 11) is 0. The minimum absolute atomic E-state index is 0.0303. The topological polar surface area (TPSA) is 61.8 Å². The van der Waals surface area contributed by atoms with Crippen LogP contribution >= 0.6 is 0 Å². The molecule has 2 aliphatic rings. The summed E-state index contributed by atoms with van der Waals surface area (Å²) in [6.07, 6.45) is 1.00. The number of ether oxygens (including phenoxy) is 1. The Hall–Kier alpha value is -1.91. The van der Waals surface area contributed by atoms with Crippen LogP contribution in [0.2, 0.25) is 0 Å². The van der Waals surface area contributed by atoms with E-state index in [1.807, 2.05) is 12.1 Å². The van der Waals surface area contributed by atoms with Crippen LogP contribution in [0.5, 0.6) is 5.75 Å². The number of benzene rings is 1. The lowest BCUT2D eigenvalue weighted by Gasteiger charge is -2.40. The van der Waals surface area contributed by atoms with Gasteiger partial charge in [0.2, 0.25) is 0 Å². The number of carbonyl (C=O) groups is 1. The van der Waals surface area contributed by atoms with Crippen LogP contribution in [0.1, 0.15) is 39.7 Å². The first kappa shape index (κ1) is 16.0. The molecule has 0 aliphatic carbocycles. The van der Waals surface area contributed by atoms with Crippen LogP contribution in [0, 0.1) is 5.41 Å². The van der Waals surface area contributed by atoms with E-state index in [4.69, 9.17) is 9.84 Å². The summed E-state index contributed by atoms with van der Waals surface area (Å²) < 4.78 is 5.88. The second kappa shape index (κ2) is 5.62. The van der Waals surface area contributed by atoms with Gasteiger partial charge in [0.05, 0.1) is 12.1 Å². The quantitative estimate of drug-likeness (QED) is 0.878. The molecular formula is C18H26N2O3. The maximum atomic E-state index is 11.2. The lowest BCUT2D eigenvalue weighted by atomic mass is 9.82. The Kier molecular flexibility index (Phi) is 3.90. The average molecular weight is 318 g/mol. The third kappa shape index (κ3) is 2.96. The number of rotatable bonds is 2. The molecule has 1 amide bonds. The molecule has 3 atom stereocenters. The molecule has 1 saturated heterocycles. The molecule has 0 radical (unpaired) electrons. The van der Waals surface area contributed by atoms with Crippen molar-refractivity contribution in [2.24, 2.45) is 5.41 Å². The third-order valence-corrected chi connectivity index (χ3v) is 4.83. The highest BCUT2D eigenvalue weighted by Crippen LogP contribution is 2.42. The first-order chi connectivity index (χ1) is 10.8. The number of fused-ring (bicyclic) bond motifs is 1. The highest BCUT2D eigenvalue weighted by molar-refractivity contribution is 5.67. The van der Waals surface area contributed by atoms with Crippen LogP contribution in [0.4, 0.5) is 10.5 Å². The van der Waals surface area contributed by atoms with Crippen LogP contribution in [-0.2, 0) is 6.42 Å². The molecule has 2 heterocycles. The molecular weight excluding hydrogens is 292 g/mol. The highest BCUT2D eigenvalue weighted by Gasteiger charge is 2.43.